The quantitative estimate of drug-likeness (QED) is 0.294. The Morgan fingerprint density at radius 2 is 1.92 bits per heavy atom. The van der Waals surface area contributed by atoms with Crippen LogP contribution in [0.4, 0.5) is 9.39 Å². The summed E-state index contributed by atoms with van der Waals surface area (Å²) in [6.07, 6.45) is 11.7. The number of hydrogen-bond acceptors (Lipinski definition) is 4. The third-order valence-electron chi connectivity index (χ3n) is 6.95. The predicted molar refractivity (Wildman–Crippen MR) is 147 cm³/mol. The minimum absolute atomic E-state index is 0.0127. The van der Waals surface area contributed by atoms with Gasteiger partial charge in [0.15, 0.2) is 0 Å². The summed E-state index contributed by atoms with van der Waals surface area (Å²) in [5, 5.41) is 4.06. The van der Waals surface area contributed by atoms with E-state index in [0.29, 0.717) is 11.3 Å². The van der Waals surface area contributed by atoms with Crippen LogP contribution in [0.1, 0.15) is 76.9 Å². The van der Waals surface area contributed by atoms with E-state index in [9.17, 15) is 9.18 Å². The van der Waals surface area contributed by atoms with Gasteiger partial charge in [0.2, 0.25) is 0 Å². The van der Waals surface area contributed by atoms with Crippen molar-refractivity contribution in [3.63, 3.8) is 0 Å². The summed E-state index contributed by atoms with van der Waals surface area (Å²) in [4.78, 5) is 19.6. The zero-order chi connectivity index (χ0) is 24.9. The lowest BCUT2D eigenvalue weighted by molar-refractivity contribution is 0.0927. The fourth-order valence-corrected chi connectivity index (χ4v) is 6.64. The second-order valence-electron chi connectivity index (χ2n) is 9.52. The van der Waals surface area contributed by atoms with Crippen LogP contribution < -0.4 is 10.1 Å². The first kappa shape index (κ1) is 25.2. The highest BCUT2D eigenvalue weighted by atomic mass is 79.9. The van der Waals surface area contributed by atoms with Crippen LogP contribution in [0.2, 0.25) is 0 Å². The standard InChI is InChI=1S/C29H30BrFN2O2S/c30-21-14-15-25(35-18-19-8-4-6-12-24(19)31)20(16-21)17-32-29-27(23-11-5-7-13-26(23)36-29)28(34)33-22-9-2-1-3-10-22/h4,6,8,12,14-17,22H,1-3,5,7,9-11,13,18H2,(H,33,34)/b32-17+. The van der Waals surface area contributed by atoms with Crippen molar-refractivity contribution in [1.29, 1.82) is 0 Å². The molecule has 3 aromatic rings. The van der Waals surface area contributed by atoms with Crippen molar-refractivity contribution in [2.75, 3.05) is 0 Å². The number of nitrogens with one attached hydrogen (secondary N) is 1. The summed E-state index contributed by atoms with van der Waals surface area (Å²) in [6, 6.07) is 12.5. The molecular formula is C29H30BrFN2O2S. The molecule has 2 aliphatic rings. The molecule has 1 saturated carbocycles. The largest absolute Gasteiger partial charge is 0.488 e. The fraction of sp³-hybridized carbons (Fsp3) is 0.379. The fourth-order valence-electron chi connectivity index (χ4n) is 5.03. The summed E-state index contributed by atoms with van der Waals surface area (Å²) >= 11 is 5.16. The molecule has 1 heterocycles. The zero-order valence-corrected chi connectivity index (χ0v) is 22.6. The minimum Gasteiger partial charge on any atom is -0.488 e. The third kappa shape index (κ3) is 5.89. The summed E-state index contributed by atoms with van der Waals surface area (Å²) in [6.45, 7) is 0.123. The van der Waals surface area contributed by atoms with E-state index in [1.165, 1.54) is 35.8 Å². The molecule has 0 spiro atoms. The molecule has 1 aromatic heterocycles. The molecule has 0 saturated heterocycles. The number of rotatable bonds is 7. The molecule has 0 unspecified atom stereocenters. The molecular weight excluding hydrogens is 539 g/mol. The van der Waals surface area contributed by atoms with Gasteiger partial charge in [0.25, 0.3) is 5.91 Å². The van der Waals surface area contributed by atoms with E-state index >= 15 is 0 Å². The monoisotopic (exact) mass is 568 g/mol. The number of aliphatic imine (C=N–C) groups is 1. The van der Waals surface area contributed by atoms with Gasteiger partial charge in [-0.05, 0) is 68.4 Å². The van der Waals surface area contributed by atoms with Crippen molar-refractivity contribution in [2.24, 2.45) is 4.99 Å². The molecule has 188 valence electrons. The first-order valence-corrected chi connectivity index (χ1v) is 14.3. The lowest BCUT2D eigenvalue weighted by Crippen LogP contribution is -2.36. The number of carbonyl (C=O) groups excluding carboxylic acids is 1. The van der Waals surface area contributed by atoms with Gasteiger partial charge >= 0.3 is 0 Å². The number of aryl methyl sites for hydroxylation is 1. The van der Waals surface area contributed by atoms with E-state index in [1.54, 1.807) is 35.8 Å². The van der Waals surface area contributed by atoms with Gasteiger partial charge in [-0.3, -0.25) is 4.79 Å². The van der Waals surface area contributed by atoms with Crippen LogP contribution in [-0.4, -0.2) is 18.2 Å². The summed E-state index contributed by atoms with van der Waals surface area (Å²) in [5.74, 6) is 0.334. The van der Waals surface area contributed by atoms with Gasteiger partial charge in [0.05, 0.1) is 5.56 Å². The highest BCUT2D eigenvalue weighted by molar-refractivity contribution is 9.10. The zero-order valence-electron chi connectivity index (χ0n) is 20.2. The normalized spacial score (nSPS) is 16.2. The van der Waals surface area contributed by atoms with Gasteiger partial charge < -0.3 is 10.1 Å². The van der Waals surface area contributed by atoms with Gasteiger partial charge in [0.1, 0.15) is 23.2 Å². The van der Waals surface area contributed by atoms with Crippen molar-refractivity contribution in [2.45, 2.75) is 70.4 Å². The van der Waals surface area contributed by atoms with Gasteiger partial charge in [0, 0.05) is 32.7 Å². The Labute approximate surface area is 224 Å². The Hall–Kier alpha value is -2.51. The van der Waals surface area contributed by atoms with E-state index in [4.69, 9.17) is 9.73 Å². The lowest BCUT2D eigenvalue weighted by atomic mass is 9.93. The molecule has 36 heavy (non-hydrogen) atoms. The van der Waals surface area contributed by atoms with E-state index in [1.807, 2.05) is 18.2 Å². The van der Waals surface area contributed by atoms with Gasteiger partial charge in [-0.25, -0.2) is 9.38 Å². The van der Waals surface area contributed by atoms with Crippen molar-refractivity contribution in [3.8, 4) is 5.75 Å². The number of halogens is 2. The van der Waals surface area contributed by atoms with Crippen molar-refractivity contribution in [1.82, 2.24) is 5.32 Å². The van der Waals surface area contributed by atoms with E-state index in [-0.39, 0.29) is 24.4 Å². The Kier molecular flexibility index (Phi) is 8.17. The van der Waals surface area contributed by atoms with Crippen molar-refractivity contribution in [3.05, 3.63) is 79.9 Å². The number of hydrogen-bond donors (Lipinski definition) is 1. The van der Waals surface area contributed by atoms with Crippen molar-refractivity contribution < 1.29 is 13.9 Å². The van der Waals surface area contributed by atoms with Crippen LogP contribution in [0.15, 0.2) is 51.9 Å². The van der Waals surface area contributed by atoms with Crippen LogP contribution in [0.5, 0.6) is 5.75 Å². The maximum absolute atomic E-state index is 14.1. The molecule has 0 radical (unpaired) electrons. The van der Waals surface area contributed by atoms with Crippen LogP contribution >= 0.6 is 27.3 Å². The average molecular weight is 570 g/mol. The van der Waals surface area contributed by atoms with Gasteiger partial charge in [-0.15, -0.1) is 11.3 Å². The van der Waals surface area contributed by atoms with Crippen molar-refractivity contribution >= 4 is 44.4 Å². The molecule has 0 atom stereocenters. The van der Waals surface area contributed by atoms with Crippen LogP contribution in [0.25, 0.3) is 0 Å². The predicted octanol–water partition coefficient (Wildman–Crippen LogP) is 7.92. The lowest BCUT2D eigenvalue weighted by Gasteiger charge is -2.23. The molecule has 1 fully saturated rings. The number of nitrogens with zero attached hydrogens (tertiary/aromatic N) is 1. The minimum atomic E-state index is -0.289. The summed E-state index contributed by atoms with van der Waals surface area (Å²) < 4.78 is 20.9. The number of carbonyl (C=O) groups is 1. The molecule has 0 aliphatic heterocycles. The molecule has 2 aromatic carbocycles. The van der Waals surface area contributed by atoms with E-state index < -0.39 is 0 Å². The number of benzene rings is 2. The Bertz CT molecular complexity index is 1270. The number of thiophene rings is 1. The van der Waals surface area contributed by atoms with E-state index in [0.717, 1.165) is 59.1 Å². The highest BCUT2D eigenvalue weighted by Crippen LogP contribution is 2.40. The number of amides is 1. The molecule has 4 nitrogen and oxygen atoms in total. The summed E-state index contributed by atoms with van der Waals surface area (Å²) in [5.41, 5.74) is 3.19. The molecule has 0 bridgehead atoms. The van der Waals surface area contributed by atoms with Gasteiger partial charge in [-0.1, -0.05) is 53.4 Å². The van der Waals surface area contributed by atoms with Crippen LogP contribution in [0, 0.1) is 5.82 Å². The first-order valence-electron chi connectivity index (χ1n) is 12.7. The highest BCUT2D eigenvalue weighted by Gasteiger charge is 2.27. The summed E-state index contributed by atoms with van der Waals surface area (Å²) in [7, 11) is 0. The van der Waals surface area contributed by atoms with Gasteiger partial charge in [-0.2, -0.15) is 0 Å². The first-order chi connectivity index (χ1) is 17.6. The van der Waals surface area contributed by atoms with Crippen LogP contribution in [-0.2, 0) is 19.4 Å². The maximum Gasteiger partial charge on any atom is 0.254 e. The topological polar surface area (TPSA) is 50.7 Å². The molecule has 7 heteroatoms. The molecule has 1 N–H and O–H groups in total. The average Bonchev–Trinajstić information content (AvgIpc) is 3.27. The van der Waals surface area contributed by atoms with Crippen LogP contribution in [0.3, 0.4) is 0 Å². The molecule has 2 aliphatic carbocycles. The third-order valence-corrected chi connectivity index (χ3v) is 8.65. The SMILES string of the molecule is O=C(NC1CCCCC1)c1c(/N=C/c2cc(Br)ccc2OCc2ccccc2F)sc2c1CCCC2. The molecule has 5 rings (SSSR count). The number of fused-ring (bicyclic) bond motifs is 1. The second kappa shape index (κ2) is 11.7. The van der Waals surface area contributed by atoms with E-state index in [2.05, 4.69) is 21.2 Å². The second-order valence-corrected chi connectivity index (χ2v) is 11.5. The Balaban J connectivity index is 1.41. The smallest absolute Gasteiger partial charge is 0.254 e. The molecule has 1 amide bonds. The Morgan fingerprint density at radius 1 is 1.11 bits per heavy atom. The maximum atomic E-state index is 14.1. The Morgan fingerprint density at radius 3 is 2.75 bits per heavy atom. The number of ether oxygens (including phenoxy) is 1.